The number of aliphatic carboxylic acids is 1. The predicted octanol–water partition coefficient (Wildman–Crippen LogP) is 3.19. The van der Waals surface area contributed by atoms with Gasteiger partial charge in [-0.1, -0.05) is 30.3 Å². The Kier molecular flexibility index (Phi) is 6.70. The summed E-state index contributed by atoms with van der Waals surface area (Å²) in [5.74, 6) is -1.38. The molecule has 1 aromatic heterocycles. The Bertz CT molecular complexity index is 1590. The minimum absolute atomic E-state index is 0.0779. The van der Waals surface area contributed by atoms with Crippen LogP contribution < -0.4 is 9.64 Å². The molecule has 2 heterocycles. The summed E-state index contributed by atoms with van der Waals surface area (Å²) in [5, 5.41) is 14.4. The lowest BCUT2D eigenvalue weighted by molar-refractivity contribution is -0.141. The number of aromatic nitrogens is 2. The van der Waals surface area contributed by atoms with Crippen molar-refractivity contribution in [1.82, 2.24) is 14.1 Å². The third-order valence-electron chi connectivity index (χ3n) is 6.39. The predicted molar refractivity (Wildman–Crippen MR) is 139 cm³/mol. The number of fused-ring (bicyclic) bond motifs is 1. The van der Waals surface area contributed by atoms with Gasteiger partial charge in [0.15, 0.2) is 0 Å². The average molecular weight is 533 g/mol. The van der Waals surface area contributed by atoms with Crippen LogP contribution in [0.4, 0.5) is 5.69 Å². The Morgan fingerprint density at radius 2 is 1.63 bits per heavy atom. The van der Waals surface area contributed by atoms with Crippen LogP contribution in [0, 0.1) is 0 Å². The van der Waals surface area contributed by atoms with Crippen LogP contribution in [0.25, 0.3) is 5.69 Å². The number of para-hydroxylation sites is 2. The lowest BCUT2D eigenvalue weighted by Crippen LogP contribution is -2.50. The van der Waals surface area contributed by atoms with Crippen molar-refractivity contribution in [1.29, 1.82) is 0 Å². The maximum absolute atomic E-state index is 14.0. The van der Waals surface area contributed by atoms with Crippen LogP contribution in [-0.4, -0.2) is 59.2 Å². The van der Waals surface area contributed by atoms with Gasteiger partial charge in [0.25, 0.3) is 5.91 Å². The van der Waals surface area contributed by atoms with E-state index in [0.717, 1.165) is 4.31 Å². The van der Waals surface area contributed by atoms with Gasteiger partial charge in [-0.2, -0.15) is 9.40 Å². The van der Waals surface area contributed by atoms with Crippen LogP contribution in [-0.2, 0) is 21.4 Å². The first kappa shape index (κ1) is 25.2. The second-order valence-corrected chi connectivity index (χ2v) is 10.5. The lowest BCUT2D eigenvalue weighted by atomic mass is 10.1. The fourth-order valence-electron chi connectivity index (χ4n) is 4.49. The van der Waals surface area contributed by atoms with Gasteiger partial charge >= 0.3 is 5.97 Å². The topological polar surface area (TPSA) is 122 Å². The zero-order valence-corrected chi connectivity index (χ0v) is 21.2. The molecule has 3 aromatic carbocycles. The quantitative estimate of drug-likeness (QED) is 0.405. The second kappa shape index (κ2) is 10.1. The van der Waals surface area contributed by atoms with E-state index in [1.165, 1.54) is 36.3 Å². The summed E-state index contributed by atoms with van der Waals surface area (Å²) in [6, 6.07) is 19.6. The molecule has 10 nitrogen and oxygen atoms in total. The van der Waals surface area contributed by atoms with Gasteiger partial charge < -0.3 is 14.7 Å². The number of anilines is 1. The SMILES string of the molecule is COc1ccc(S(=O)(=O)N2Cc3ccccc3N(C(=O)c3ccccc3-n3cccn3)CC2C(=O)O)cc1. The van der Waals surface area contributed by atoms with Crippen molar-refractivity contribution in [3.05, 3.63) is 102 Å². The minimum atomic E-state index is -4.26. The normalized spacial score (nSPS) is 15.9. The average Bonchev–Trinajstić information content (AvgIpc) is 3.41. The van der Waals surface area contributed by atoms with Gasteiger partial charge in [0.2, 0.25) is 10.0 Å². The van der Waals surface area contributed by atoms with E-state index in [1.54, 1.807) is 71.7 Å². The Morgan fingerprint density at radius 1 is 0.947 bits per heavy atom. The Morgan fingerprint density at radius 3 is 2.29 bits per heavy atom. The number of rotatable bonds is 6. The molecule has 38 heavy (non-hydrogen) atoms. The number of benzene rings is 3. The maximum atomic E-state index is 14.0. The van der Waals surface area contributed by atoms with Crippen LogP contribution in [0.3, 0.4) is 0 Å². The van der Waals surface area contributed by atoms with Gasteiger partial charge in [0.05, 0.1) is 29.8 Å². The highest BCUT2D eigenvalue weighted by atomic mass is 32.2. The molecule has 0 aliphatic carbocycles. The van der Waals surface area contributed by atoms with E-state index in [9.17, 15) is 23.1 Å². The highest BCUT2D eigenvalue weighted by Gasteiger charge is 2.42. The molecule has 4 aromatic rings. The number of nitrogens with zero attached hydrogens (tertiary/aromatic N) is 4. The standard InChI is InChI=1S/C27H24N4O6S/c1-37-20-11-13-21(14-12-20)38(35,36)31-17-19-7-2-4-9-23(19)29(18-25(31)27(33)34)26(32)22-8-3-5-10-24(22)30-16-6-15-28-30/h2-16,25H,17-18H2,1H3,(H,33,34). The molecule has 11 heteroatoms. The van der Waals surface area contributed by atoms with Crippen molar-refractivity contribution in [3.63, 3.8) is 0 Å². The maximum Gasteiger partial charge on any atom is 0.323 e. The summed E-state index contributed by atoms with van der Waals surface area (Å²) in [6.45, 7) is -0.625. The molecule has 194 valence electrons. The third-order valence-corrected chi connectivity index (χ3v) is 8.26. The van der Waals surface area contributed by atoms with Crippen molar-refractivity contribution in [2.75, 3.05) is 18.6 Å². The lowest BCUT2D eigenvalue weighted by Gasteiger charge is -2.28. The zero-order chi connectivity index (χ0) is 26.9. The Balaban J connectivity index is 1.60. The van der Waals surface area contributed by atoms with Crippen molar-refractivity contribution in [3.8, 4) is 11.4 Å². The first-order valence-corrected chi connectivity index (χ1v) is 13.1. The van der Waals surface area contributed by atoms with E-state index in [0.29, 0.717) is 28.3 Å². The molecule has 1 aliphatic heterocycles. The van der Waals surface area contributed by atoms with Crippen molar-refractivity contribution >= 4 is 27.6 Å². The molecule has 1 atom stereocenters. The third kappa shape index (κ3) is 4.53. The van der Waals surface area contributed by atoms with E-state index in [4.69, 9.17) is 4.74 Å². The van der Waals surface area contributed by atoms with Gasteiger partial charge in [0.1, 0.15) is 11.8 Å². The number of carboxylic acid groups (broad SMARTS) is 1. The van der Waals surface area contributed by atoms with Gasteiger partial charge in [-0.25, -0.2) is 13.1 Å². The molecule has 0 fully saturated rings. The molecule has 0 bridgehead atoms. The summed E-state index contributed by atoms with van der Waals surface area (Å²) in [5.41, 5.74) is 1.74. The number of methoxy groups -OCH3 is 1. The molecule has 1 N–H and O–H groups in total. The zero-order valence-electron chi connectivity index (χ0n) is 20.3. The van der Waals surface area contributed by atoms with Crippen LogP contribution in [0.15, 0.2) is 96.2 Å². The summed E-state index contributed by atoms with van der Waals surface area (Å²) in [4.78, 5) is 27.8. The van der Waals surface area contributed by atoms with E-state index in [-0.39, 0.29) is 11.4 Å². The molecule has 1 aliphatic rings. The van der Waals surface area contributed by atoms with Crippen molar-refractivity contribution in [2.45, 2.75) is 17.5 Å². The number of hydrogen-bond acceptors (Lipinski definition) is 6. The Hall–Kier alpha value is -4.48. The summed E-state index contributed by atoms with van der Waals surface area (Å²) >= 11 is 0. The first-order chi connectivity index (χ1) is 18.3. The fraction of sp³-hybridized carbons (Fsp3) is 0.148. The number of ether oxygens (including phenoxy) is 1. The number of carbonyl (C=O) groups excluding carboxylic acids is 1. The van der Waals surface area contributed by atoms with Gasteiger partial charge in [-0.05, 0) is 54.1 Å². The van der Waals surface area contributed by atoms with Crippen molar-refractivity contribution < 1.29 is 27.9 Å². The van der Waals surface area contributed by atoms with Crippen LogP contribution in [0.1, 0.15) is 15.9 Å². The smallest absolute Gasteiger partial charge is 0.323 e. The van der Waals surface area contributed by atoms with Crippen molar-refractivity contribution in [2.24, 2.45) is 0 Å². The van der Waals surface area contributed by atoms with Crippen LogP contribution >= 0.6 is 0 Å². The van der Waals surface area contributed by atoms with E-state index in [1.807, 2.05) is 0 Å². The van der Waals surface area contributed by atoms with E-state index >= 15 is 0 Å². The highest BCUT2D eigenvalue weighted by molar-refractivity contribution is 7.89. The summed E-state index contributed by atoms with van der Waals surface area (Å²) in [7, 11) is -2.80. The van der Waals surface area contributed by atoms with E-state index < -0.39 is 34.5 Å². The summed E-state index contributed by atoms with van der Waals surface area (Å²) < 4.78 is 35.1. The van der Waals surface area contributed by atoms with Gasteiger partial charge in [0, 0.05) is 24.6 Å². The van der Waals surface area contributed by atoms with Crippen LogP contribution in [0.5, 0.6) is 5.75 Å². The molecule has 0 saturated heterocycles. The number of carboxylic acids is 1. The van der Waals surface area contributed by atoms with Gasteiger partial charge in [-0.3, -0.25) is 9.59 Å². The molecule has 1 amide bonds. The summed E-state index contributed by atoms with van der Waals surface area (Å²) in [6.07, 6.45) is 3.29. The van der Waals surface area contributed by atoms with Gasteiger partial charge in [-0.15, -0.1) is 0 Å². The molecule has 0 radical (unpaired) electrons. The molecule has 0 saturated carbocycles. The molecular formula is C27H24N4O6S. The minimum Gasteiger partial charge on any atom is -0.497 e. The number of sulfonamides is 1. The number of amides is 1. The Labute approximate surface area is 219 Å². The fourth-order valence-corrected chi connectivity index (χ4v) is 6.04. The monoisotopic (exact) mass is 532 g/mol. The van der Waals surface area contributed by atoms with Crippen LogP contribution in [0.2, 0.25) is 0 Å². The molecule has 5 rings (SSSR count). The van der Waals surface area contributed by atoms with E-state index in [2.05, 4.69) is 5.10 Å². The first-order valence-electron chi connectivity index (χ1n) is 11.7. The number of carbonyl (C=O) groups is 2. The largest absolute Gasteiger partial charge is 0.497 e. The molecule has 1 unspecified atom stereocenters. The molecular weight excluding hydrogens is 508 g/mol. The second-order valence-electron chi connectivity index (χ2n) is 8.59. The highest BCUT2D eigenvalue weighted by Crippen LogP contribution is 2.33. The molecule has 0 spiro atoms. The number of hydrogen-bond donors (Lipinski definition) is 1.